The Kier molecular flexibility index (Phi) is 3.75. The fourth-order valence-corrected chi connectivity index (χ4v) is 4.29. The fourth-order valence-electron chi connectivity index (χ4n) is 4.29. The van der Waals surface area contributed by atoms with E-state index in [1.807, 2.05) is 26.0 Å². The smallest absolute Gasteiger partial charge is 0.317 e. The highest BCUT2D eigenvalue weighted by molar-refractivity contribution is 6.00. The van der Waals surface area contributed by atoms with Crippen LogP contribution in [-0.2, 0) is 19.1 Å². The summed E-state index contributed by atoms with van der Waals surface area (Å²) in [5.74, 6) is 0.116. The van der Waals surface area contributed by atoms with Gasteiger partial charge in [0.2, 0.25) is 0 Å². The molecule has 0 aromatic heterocycles. The van der Waals surface area contributed by atoms with Gasteiger partial charge >= 0.3 is 5.97 Å². The Morgan fingerprint density at radius 2 is 1.96 bits per heavy atom. The van der Waals surface area contributed by atoms with Crippen molar-refractivity contribution in [3.63, 3.8) is 0 Å². The number of allylic oxidation sites excluding steroid dienone is 2. The Morgan fingerprint density at radius 1 is 1.19 bits per heavy atom. The van der Waals surface area contributed by atoms with E-state index in [0.29, 0.717) is 35.7 Å². The highest BCUT2D eigenvalue weighted by atomic mass is 16.7. The van der Waals surface area contributed by atoms with Crippen molar-refractivity contribution < 1.29 is 28.5 Å². The normalized spacial score (nSPS) is 28.3. The monoisotopic (exact) mass is 358 g/mol. The van der Waals surface area contributed by atoms with Gasteiger partial charge in [0.1, 0.15) is 11.7 Å². The van der Waals surface area contributed by atoms with Gasteiger partial charge < -0.3 is 18.9 Å². The van der Waals surface area contributed by atoms with Crippen molar-refractivity contribution in [1.82, 2.24) is 0 Å². The molecule has 26 heavy (non-hydrogen) atoms. The number of para-hydroxylation sites is 1. The van der Waals surface area contributed by atoms with Gasteiger partial charge in [0.25, 0.3) is 6.29 Å². The summed E-state index contributed by atoms with van der Waals surface area (Å²) in [6, 6.07) is 5.49. The number of fused-ring (bicyclic) bond motifs is 5. The van der Waals surface area contributed by atoms with Crippen LogP contribution in [0.3, 0.4) is 0 Å². The molecular formula is C20H22O6. The quantitative estimate of drug-likeness (QED) is 0.757. The highest BCUT2D eigenvalue weighted by Gasteiger charge is 2.55. The first-order valence-corrected chi connectivity index (χ1v) is 8.70. The molecule has 138 valence electrons. The first-order valence-electron chi connectivity index (χ1n) is 8.70. The van der Waals surface area contributed by atoms with Gasteiger partial charge in [-0.25, -0.2) is 0 Å². The molecule has 0 saturated heterocycles. The molecule has 4 rings (SSSR count). The summed E-state index contributed by atoms with van der Waals surface area (Å²) in [5.41, 5.74) is 1.16. The first kappa shape index (κ1) is 16.9. The van der Waals surface area contributed by atoms with Crippen molar-refractivity contribution in [2.75, 3.05) is 14.2 Å². The molecule has 6 nitrogen and oxygen atoms in total. The van der Waals surface area contributed by atoms with Gasteiger partial charge in [0.05, 0.1) is 14.2 Å². The summed E-state index contributed by atoms with van der Waals surface area (Å²) in [7, 11) is 2.89. The zero-order valence-corrected chi connectivity index (χ0v) is 15.3. The lowest BCUT2D eigenvalue weighted by Gasteiger charge is -2.46. The first-order chi connectivity index (χ1) is 12.4. The summed E-state index contributed by atoms with van der Waals surface area (Å²) >= 11 is 0. The molecule has 2 bridgehead atoms. The van der Waals surface area contributed by atoms with Gasteiger partial charge in [0, 0.05) is 29.9 Å². The van der Waals surface area contributed by atoms with Gasteiger partial charge in [0.15, 0.2) is 17.3 Å². The predicted molar refractivity (Wildman–Crippen MR) is 91.8 cm³/mol. The van der Waals surface area contributed by atoms with Crippen LogP contribution in [-0.4, -0.2) is 32.3 Å². The highest BCUT2D eigenvalue weighted by Crippen LogP contribution is 2.55. The van der Waals surface area contributed by atoms with Crippen LogP contribution in [0.1, 0.15) is 38.2 Å². The molecule has 0 spiro atoms. The molecule has 0 amide bonds. The van der Waals surface area contributed by atoms with Crippen molar-refractivity contribution in [1.29, 1.82) is 0 Å². The van der Waals surface area contributed by atoms with E-state index in [4.69, 9.17) is 18.9 Å². The molecule has 0 radical (unpaired) electrons. The standard InChI is InChI=1S/C20H22O6/c1-20(2)8-11(21)15-13(9-20)25-19-16(18(22)24-4)14(15)10-6-5-7-12(23-3)17(10)26-19/h5-7,14,16,19H,8-9H2,1-4H3/t14-,16-,19-/m1/s1. The third-order valence-electron chi connectivity index (χ3n) is 5.37. The fraction of sp³-hybridized carbons (Fsp3) is 0.500. The number of Topliss-reactive ketones (excluding diaryl/α,β-unsaturated/α-hetero) is 1. The van der Waals surface area contributed by atoms with E-state index in [2.05, 4.69) is 0 Å². The SMILES string of the molecule is COC(=O)[C@@H]1[C@@H]2OC3=C(C(=O)CC(C)(C)C3)[C@H]1c1cccc(OC)c1O2. The number of methoxy groups -OCH3 is 2. The van der Waals surface area contributed by atoms with Crippen LogP contribution < -0.4 is 9.47 Å². The average molecular weight is 358 g/mol. The summed E-state index contributed by atoms with van der Waals surface area (Å²) in [6.45, 7) is 4.08. The van der Waals surface area contributed by atoms with E-state index in [1.165, 1.54) is 7.11 Å². The minimum absolute atomic E-state index is 0.0178. The number of carbonyl (C=O) groups is 2. The maximum Gasteiger partial charge on any atom is 0.317 e. The number of ether oxygens (including phenoxy) is 4. The molecule has 3 aliphatic rings. The molecule has 0 unspecified atom stereocenters. The van der Waals surface area contributed by atoms with Crippen LogP contribution in [0.5, 0.6) is 11.5 Å². The number of esters is 1. The second-order valence-corrected chi connectivity index (χ2v) is 7.79. The van der Waals surface area contributed by atoms with E-state index in [-0.39, 0.29) is 11.2 Å². The van der Waals surface area contributed by atoms with Gasteiger partial charge in [-0.3, -0.25) is 9.59 Å². The van der Waals surface area contributed by atoms with Crippen molar-refractivity contribution >= 4 is 11.8 Å². The van der Waals surface area contributed by atoms with E-state index in [0.717, 1.165) is 5.56 Å². The van der Waals surface area contributed by atoms with Gasteiger partial charge in [-0.05, 0) is 11.5 Å². The number of carbonyl (C=O) groups excluding carboxylic acids is 2. The van der Waals surface area contributed by atoms with Gasteiger partial charge in [-0.1, -0.05) is 26.0 Å². The lowest BCUT2D eigenvalue weighted by atomic mass is 9.67. The van der Waals surface area contributed by atoms with Crippen molar-refractivity contribution in [3.8, 4) is 11.5 Å². The van der Waals surface area contributed by atoms with Crippen LogP contribution in [0.15, 0.2) is 29.5 Å². The molecule has 0 saturated carbocycles. The summed E-state index contributed by atoms with van der Waals surface area (Å²) in [6.07, 6.45) is 0.221. The second kappa shape index (κ2) is 5.76. The molecular weight excluding hydrogens is 336 g/mol. The van der Waals surface area contributed by atoms with Gasteiger partial charge in [-0.15, -0.1) is 0 Å². The second-order valence-electron chi connectivity index (χ2n) is 7.79. The van der Waals surface area contributed by atoms with Crippen LogP contribution >= 0.6 is 0 Å². The summed E-state index contributed by atoms with van der Waals surface area (Å²) in [4.78, 5) is 25.5. The number of rotatable bonds is 2. The lowest BCUT2D eigenvalue weighted by Crippen LogP contribution is -2.49. The Morgan fingerprint density at radius 3 is 2.65 bits per heavy atom. The Bertz CT molecular complexity index is 822. The number of hydrogen-bond acceptors (Lipinski definition) is 6. The third-order valence-corrected chi connectivity index (χ3v) is 5.37. The summed E-state index contributed by atoms with van der Waals surface area (Å²) < 4.78 is 22.4. The zero-order valence-electron chi connectivity index (χ0n) is 15.3. The van der Waals surface area contributed by atoms with E-state index >= 15 is 0 Å². The van der Waals surface area contributed by atoms with Crippen molar-refractivity contribution in [2.45, 2.75) is 38.9 Å². The third kappa shape index (κ3) is 2.39. The van der Waals surface area contributed by atoms with Crippen molar-refractivity contribution in [2.24, 2.45) is 11.3 Å². The molecule has 1 aromatic carbocycles. The molecule has 2 aliphatic heterocycles. The molecule has 1 aliphatic carbocycles. The van der Waals surface area contributed by atoms with E-state index < -0.39 is 24.1 Å². The minimum atomic E-state index is -0.836. The number of hydrogen-bond donors (Lipinski definition) is 0. The zero-order chi connectivity index (χ0) is 18.6. The largest absolute Gasteiger partial charge is 0.493 e. The Labute approximate surface area is 152 Å². The van der Waals surface area contributed by atoms with Crippen LogP contribution in [0, 0.1) is 11.3 Å². The van der Waals surface area contributed by atoms with Crippen LogP contribution in [0.2, 0.25) is 0 Å². The molecule has 0 fully saturated rings. The maximum absolute atomic E-state index is 13.0. The van der Waals surface area contributed by atoms with E-state index in [9.17, 15) is 9.59 Å². The lowest BCUT2D eigenvalue weighted by molar-refractivity contribution is -0.172. The topological polar surface area (TPSA) is 71.1 Å². The van der Waals surface area contributed by atoms with Crippen LogP contribution in [0.25, 0.3) is 0 Å². The molecule has 0 N–H and O–H groups in total. The number of ketones is 1. The van der Waals surface area contributed by atoms with Gasteiger partial charge in [-0.2, -0.15) is 0 Å². The molecule has 3 atom stereocenters. The summed E-state index contributed by atoms with van der Waals surface area (Å²) in [5, 5.41) is 0. The molecule has 1 aromatic rings. The van der Waals surface area contributed by atoms with Crippen molar-refractivity contribution in [3.05, 3.63) is 35.1 Å². The van der Waals surface area contributed by atoms with E-state index in [1.54, 1.807) is 13.2 Å². The molecule has 2 heterocycles. The minimum Gasteiger partial charge on any atom is -0.493 e. The molecule has 6 heteroatoms. The predicted octanol–water partition coefficient (Wildman–Crippen LogP) is 2.96. The Balaban J connectivity index is 1.93. The number of benzene rings is 1. The Hall–Kier alpha value is -2.50. The average Bonchev–Trinajstić information content (AvgIpc) is 2.58. The van der Waals surface area contributed by atoms with Crippen LogP contribution in [0.4, 0.5) is 0 Å². The maximum atomic E-state index is 13.0.